The number of esters is 1. The lowest BCUT2D eigenvalue weighted by atomic mass is 10.1. The predicted octanol–water partition coefficient (Wildman–Crippen LogP) is -5.07. The van der Waals surface area contributed by atoms with Gasteiger partial charge in [0.15, 0.2) is 35.9 Å². The second kappa shape index (κ2) is 73.3. The molecule has 12 aromatic rings. The summed E-state index contributed by atoms with van der Waals surface area (Å²) in [5.41, 5.74) is 4.91. The van der Waals surface area contributed by atoms with Crippen LogP contribution in [0.4, 0.5) is 13.2 Å². The zero-order valence-corrected chi connectivity index (χ0v) is 79.4. The van der Waals surface area contributed by atoms with Gasteiger partial charge >= 0.3 is 79.3 Å². The molecule has 20 N–H and O–H groups in total. The number of hydrogen-bond acceptors (Lipinski definition) is 50. The van der Waals surface area contributed by atoms with Crippen LogP contribution in [0.25, 0.3) is 0 Å². The van der Waals surface area contributed by atoms with Crippen LogP contribution >= 0.6 is 23.1 Å². The molecule has 13 heterocycles. The minimum atomic E-state index is -4.30. The molecule has 14 rings (SSSR count). The summed E-state index contributed by atoms with van der Waals surface area (Å²) in [6, 6.07) is 2.89. The first kappa shape index (κ1) is 133. The fourth-order valence-electron chi connectivity index (χ4n) is 5.71. The smallest absolute Gasteiger partial charge is 0.504 e. The first-order chi connectivity index (χ1) is 63.9. The van der Waals surface area contributed by atoms with E-state index in [1.165, 1.54) is 79.6 Å². The molecule has 774 valence electrons. The molecule has 139 heavy (non-hydrogen) atoms. The van der Waals surface area contributed by atoms with Crippen LogP contribution in [0.3, 0.4) is 0 Å². The summed E-state index contributed by atoms with van der Waals surface area (Å²) in [6.07, 6.45) is -1.55. The van der Waals surface area contributed by atoms with E-state index in [9.17, 15) is 122 Å². The van der Waals surface area contributed by atoms with E-state index >= 15 is 0 Å². The summed E-state index contributed by atoms with van der Waals surface area (Å²) in [5.74, 6) is -0.465. The number of aryl methyl sites for hydroxylation is 11. The Hall–Kier alpha value is -17.2. The van der Waals surface area contributed by atoms with Gasteiger partial charge in [0, 0.05) is 102 Å². The number of aromatic nitrogens is 24. The van der Waals surface area contributed by atoms with Crippen LogP contribution in [0.15, 0.2) is 111 Å². The number of aromatic hydroxyl groups is 1. The molecular formula is C64H98F3N33O35S4. The van der Waals surface area contributed by atoms with E-state index in [1.54, 1.807) is 79.3 Å². The summed E-state index contributed by atoms with van der Waals surface area (Å²) < 4.78 is 114. The van der Waals surface area contributed by atoms with Gasteiger partial charge in [-0.25, -0.2) is 87.7 Å². The number of H-pyrrole nitrogens is 12. The number of hydroxylamine groups is 3. The van der Waals surface area contributed by atoms with Crippen molar-refractivity contribution in [2.75, 3.05) is 19.9 Å². The largest absolute Gasteiger partial charge is 0.519 e. The van der Waals surface area contributed by atoms with E-state index in [1.807, 2.05) is 17.2 Å². The maximum Gasteiger partial charge on any atom is 0.519 e. The maximum atomic E-state index is 11.2. The lowest BCUT2D eigenvalue weighted by Gasteiger charge is -2.04. The second-order valence-electron chi connectivity index (χ2n) is 23.8. The SMILES string of the molecule is C.CC(=O)NC#N.CC(=O)NCC(F)(F)F.CC(=O)NO.CC(=O)NS(C)(=O)=O.CC(=O)OCc1oc(=O)oc1C.CC1=NOC(=O)C1.CC1=NS(=O)ON1.CONC(C)=O.Cc1c(O)c(=O)c1=O.Cc1cc(=O)[nH][nH]1.Cc1cc(=O)[nH]o1.Cc1n[nH]c(=O)[nH]1.Cc1n[nH]c(=O)o1.Cc1nn[nH]n1.Cc1noc(=O)[nH]1.Cc1nsc(=O)[nH]1.Cc1nsc(=O)[nH]1.Cn1nn[nH]c1=O.Cn1oc(=O)[nH]c1=O. The van der Waals surface area contributed by atoms with Gasteiger partial charge in [0.25, 0.3) is 16.5 Å². The fraction of sp³-hybridized carbons (Fsp3) is 0.422. The molecule has 2 aliphatic heterocycles. The summed E-state index contributed by atoms with van der Waals surface area (Å²) >= 11 is 0.410. The predicted molar refractivity (Wildman–Crippen MR) is 468 cm³/mol. The number of hydrogen-bond donors (Lipinski definition) is 20. The number of nitriles is 1. The molecule has 5 amide bonds. The van der Waals surface area contributed by atoms with E-state index in [-0.39, 0.29) is 81.1 Å². The number of carbonyl (C=O) groups is 7. The highest BCUT2D eigenvalue weighted by Gasteiger charge is 2.27. The van der Waals surface area contributed by atoms with Crippen molar-refractivity contribution in [1.29, 1.82) is 5.26 Å². The Kier molecular flexibility index (Phi) is 69.9. The zero-order valence-electron chi connectivity index (χ0n) is 76.1. The van der Waals surface area contributed by atoms with Crippen molar-refractivity contribution in [3.05, 3.63) is 210 Å². The highest BCUT2D eigenvalue weighted by molar-refractivity contribution is 7.89. The van der Waals surface area contributed by atoms with Gasteiger partial charge in [-0.05, 0) is 86.6 Å². The van der Waals surface area contributed by atoms with E-state index in [0.29, 0.717) is 58.8 Å². The monoisotopic (exact) mass is 2070 g/mol. The number of nitrogens with zero attached hydrogens (tertiary/aromatic N) is 15. The molecule has 0 saturated heterocycles. The van der Waals surface area contributed by atoms with Crippen molar-refractivity contribution >= 4 is 97.4 Å². The normalized spacial score (nSPS) is 10.7. The molecule has 0 bridgehead atoms. The number of amides is 5. The lowest BCUT2D eigenvalue weighted by Crippen LogP contribution is -2.32. The number of carbonyl (C=O) groups excluding carboxylic acids is 7. The average molecular weight is 2070 g/mol. The Bertz CT molecular complexity index is 6140. The molecule has 0 radical (unpaired) electrons. The van der Waals surface area contributed by atoms with Crippen molar-refractivity contribution in [1.82, 2.24) is 152 Å². The molecule has 0 fully saturated rings. The Morgan fingerprint density at radius 1 is 0.676 bits per heavy atom. The van der Waals surface area contributed by atoms with Crippen LogP contribution in [0.5, 0.6) is 5.75 Å². The Morgan fingerprint density at radius 2 is 1.26 bits per heavy atom. The van der Waals surface area contributed by atoms with Crippen molar-refractivity contribution in [3.8, 4) is 11.9 Å². The summed E-state index contributed by atoms with van der Waals surface area (Å²) in [6.45, 7) is 26.1. The number of tetrazole rings is 2. The molecule has 11 aromatic heterocycles. The molecule has 0 saturated carbocycles. The van der Waals surface area contributed by atoms with E-state index in [2.05, 4.69) is 172 Å². The number of amidine groups is 1. The van der Waals surface area contributed by atoms with Gasteiger partial charge in [-0.1, -0.05) is 23.0 Å². The van der Waals surface area contributed by atoms with Crippen LogP contribution in [-0.2, 0) is 94.2 Å². The van der Waals surface area contributed by atoms with Crippen molar-refractivity contribution in [3.63, 3.8) is 0 Å². The molecule has 1 atom stereocenters. The zero-order chi connectivity index (χ0) is 107. The van der Waals surface area contributed by atoms with E-state index in [0.717, 1.165) is 64.0 Å². The molecule has 2 aliphatic rings. The summed E-state index contributed by atoms with van der Waals surface area (Å²) in [4.78, 5) is 221. The summed E-state index contributed by atoms with van der Waals surface area (Å²) in [5, 5.41) is 73.6. The van der Waals surface area contributed by atoms with Crippen LogP contribution < -0.4 is 104 Å². The summed E-state index contributed by atoms with van der Waals surface area (Å²) in [7, 11) is 0.934. The first-order valence-electron chi connectivity index (χ1n) is 35.9. The third-order valence-corrected chi connectivity index (χ3v) is 13.6. The van der Waals surface area contributed by atoms with E-state index in [4.69, 9.17) is 15.6 Å². The second-order valence-corrected chi connectivity index (χ2v) is 27.8. The number of ether oxygens (including phenoxy) is 1. The molecule has 0 aliphatic carbocycles. The molecule has 75 heteroatoms. The molecule has 1 aromatic carbocycles. The van der Waals surface area contributed by atoms with Crippen LogP contribution in [0, 0.1) is 80.7 Å². The van der Waals surface area contributed by atoms with Crippen LogP contribution in [0.2, 0.25) is 0 Å². The Labute approximate surface area is 783 Å². The van der Waals surface area contributed by atoms with Crippen molar-refractivity contribution in [2.45, 2.75) is 151 Å². The van der Waals surface area contributed by atoms with Gasteiger partial charge in [0.1, 0.15) is 41.4 Å². The third-order valence-electron chi connectivity index (χ3n) is 11.0. The van der Waals surface area contributed by atoms with Gasteiger partial charge in [0.05, 0.1) is 32.5 Å². The number of halogens is 3. The molecule has 1 unspecified atom stereocenters. The standard InChI is InChI=1S/C7H8O5.C5H4O3.C4H6F3NO.C4H6N2O.2C4H5NO2.C3H5N3O.C3H4N2O3.2C3H4N2O2.2C3H4N2OS.C3H4N2O.C3H7NO3S.C3H7NO2.C2H4N4O.C2H4N4.C2H4N2O2S.C2H5NO2.CH4/c1-4-6(3-10-5(2)8)12-7(9)11-4;1-2-3(6)5(8)4(2)7;1-3(9)8-2-4(5,6)7;1-3-2-4(7)6-5-3;1-3-2-4(6)5-7-3;1-3-2-4(6)7-5-3;1-2-4-3(7)6-5-2;1-5-2(6)4-3(7)8-5;1-2-4-5-3(6)7-2;3*1-2-4-3(6)7-5-2;1-3(6)5-2-4;1-3(5)4-8(2,6)7;1-3(5)4-6-2;1-6-2(7)3-4-5-6;1-2-3-5-6-4-2;1-2-3-6-7(5)4-2;1-2(4)3-5;/h3H2,1-2H3;6H,1H3;2H2,1H3,(H,8,9);2H,1H3,(H2,5,6,7);2H,1H3,(H,5,6);2H2,1H3;1H3,(H2,4,5,6,7);1H3,(H,4,6,7);1H3,(H,5,6);3*1H3,(H,4,5,6);1H3,(H,5,6);1-2H3,(H,4,5);1-2H3,(H,4,5);1H3,(H,3,5,7);1H3,(H,3,4,5,6);1H3,(H,3,4);5H,1H3,(H,3,4);1H4. The Morgan fingerprint density at radius 3 is 1.39 bits per heavy atom. The maximum absolute atomic E-state index is 11.2. The fourth-order valence-corrected chi connectivity index (χ4v) is 7.64. The third kappa shape index (κ3) is 81.3. The highest BCUT2D eigenvalue weighted by Crippen LogP contribution is 2.12. The quantitative estimate of drug-likeness (QED) is 0.0146. The molecule has 0 spiro atoms. The number of rotatable bonds is 5. The average Bonchev–Trinajstić information content (AvgIpc) is 1.17. The first-order valence-corrected chi connectivity index (χ1v) is 40.4. The Balaban J connectivity index is -0.000000337. The van der Waals surface area contributed by atoms with Crippen LogP contribution in [-0.4, -0.2) is 222 Å². The highest BCUT2D eigenvalue weighted by atomic mass is 32.2. The topological polar surface area (TPSA) is 998 Å². The van der Waals surface area contributed by atoms with Gasteiger partial charge in [-0.15, -0.1) is 19.7 Å². The van der Waals surface area contributed by atoms with Gasteiger partial charge < -0.3 is 47.4 Å². The van der Waals surface area contributed by atoms with E-state index < -0.39 is 97.3 Å². The molecular weight excluding hydrogens is 1980 g/mol. The van der Waals surface area contributed by atoms with Gasteiger partial charge in [0.2, 0.25) is 50.9 Å². The minimum absolute atomic E-state index is 0. The number of aromatic amines is 12. The minimum Gasteiger partial charge on any atom is -0.504 e. The van der Waals surface area contributed by atoms with Gasteiger partial charge in [-0.2, -0.15) is 56.4 Å². The number of nitrogens with one attached hydrogen (secondary N) is 18. The molecule has 68 nitrogen and oxygen atoms in total. The van der Waals surface area contributed by atoms with Crippen molar-refractivity contribution in [2.24, 2.45) is 23.6 Å². The van der Waals surface area contributed by atoms with Gasteiger partial charge in [-0.3, -0.25) is 107 Å². The van der Waals surface area contributed by atoms with Crippen molar-refractivity contribution < 1.29 is 115 Å². The number of alkyl halides is 3. The van der Waals surface area contributed by atoms with Crippen LogP contribution in [0.1, 0.15) is 133 Å². The number of sulfonamides is 1. The number of oxime groups is 1. The lowest BCUT2D eigenvalue weighted by molar-refractivity contribution is -0.143.